The van der Waals surface area contributed by atoms with Crippen LogP contribution in [0.4, 0.5) is 9.59 Å². The number of hydrogen-bond acceptors (Lipinski definition) is 7. The fourth-order valence-electron chi connectivity index (χ4n) is 4.31. The van der Waals surface area contributed by atoms with Gasteiger partial charge in [-0.15, -0.1) is 0 Å². The van der Waals surface area contributed by atoms with Crippen LogP contribution < -0.4 is 20.1 Å². The Kier molecular flexibility index (Phi) is 7.65. The number of aryl methyl sites for hydroxylation is 1. The maximum atomic E-state index is 11.7. The number of urea groups is 1. The number of nitrogens with zero attached hydrogens (tertiary/aromatic N) is 3. The molecule has 2 aromatic heterocycles. The van der Waals surface area contributed by atoms with Gasteiger partial charge in [0.15, 0.2) is 0 Å². The van der Waals surface area contributed by atoms with Gasteiger partial charge >= 0.3 is 12.1 Å². The Morgan fingerprint density at radius 1 is 1.18 bits per heavy atom. The maximum Gasteiger partial charge on any atom is 0.415 e. The highest BCUT2D eigenvalue weighted by atomic mass is 35.5. The number of aromatic nitrogens is 3. The Hall–Kier alpha value is -2.75. The summed E-state index contributed by atoms with van der Waals surface area (Å²) < 4.78 is 18.3. The van der Waals surface area contributed by atoms with Crippen molar-refractivity contribution in [1.82, 2.24) is 25.2 Å². The van der Waals surface area contributed by atoms with E-state index in [0.29, 0.717) is 28.3 Å². The van der Waals surface area contributed by atoms with Crippen molar-refractivity contribution in [3.05, 3.63) is 11.2 Å². The normalized spacial score (nSPS) is 21.1. The fourth-order valence-corrected chi connectivity index (χ4v) is 4.62. The minimum atomic E-state index is -0.769. The van der Waals surface area contributed by atoms with Gasteiger partial charge in [-0.1, -0.05) is 11.6 Å². The van der Waals surface area contributed by atoms with Crippen molar-refractivity contribution in [1.29, 1.82) is 0 Å². The lowest BCUT2D eigenvalue weighted by Gasteiger charge is -2.29. The van der Waals surface area contributed by atoms with Crippen molar-refractivity contribution in [2.75, 3.05) is 7.11 Å². The zero-order valence-electron chi connectivity index (χ0n) is 19.8. The summed E-state index contributed by atoms with van der Waals surface area (Å²) in [4.78, 5) is 31.7. The average Bonchev–Trinajstić information content (AvgIpc) is 3.58. The van der Waals surface area contributed by atoms with Gasteiger partial charge in [0.05, 0.1) is 18.8 Å². The van der Waals surface area contributed by atoms with Crippen molar-refractivity contribution in [3.8, 4) is 11.9 Å². The van der Waals surface area contributed by atoms with Gasteiger partial charge < -0.3 is 19.5 Å². The summed E-state index contributed by atoms with van der Waals surface area (Å²) in [6.45, 7) is 1.93. The van der Waals surface area contributed by atoms with E-state index in [9.17, 15) is 9.59 Å². The van der Waals surface area contributed by atoms with Crippen LogP contribution in [-0.2, 0) is 11.8 Å². The molecule has 2 fully saturated rings. The standard InChI is InChI=1S/C23H32ClN5O5/c1-13(26-21(30)28-23(31)32-3)4-5-14-6-8-16(9-7-14)34-22-27-17-12-25-20(33-15-10-11-15)18(24)19(17)29(22)2/h12-16H,4-11H2,1-3H3,(H2,26,28,30,31)/t13-,14?,16?/m0/s1. The third kappa shape index (κ3) is 6.02. The molecule has 2 aliphatic carbocycles. The van der Waals surface area contributed by atoms with E-state index in [4.69, 9.17) is 21.1 Å². The molecule has 0 aliphatic heterocycles. The summed E-state index contributed by atoms with van der Waals surface area (Å²) in [6, 6.07) is -0.0358. The average molecular weight is 494 g/mol. The van der Waals surface area contributed by atoms with Crippen LogP contribution in [0.2, 0.25) is 5.02 Å². The highest BCUT2D eigenvalue weighted by molar-refractivity contribution is 6.36. The third-order valence-electron chi connectivity index (χ3n) is 6.44. The number of hydrogen-bond donors (Lipinski definition) is 2. The van der Waals surface area contributed by atoms with Crippen molar-refractivity contribution in [3.63, 3.8) is 0 Å². The molecule has 34 heavy (non-hydrogen) atoms. The molecule has 2 N–H and O–H groups in total. The van der Waals surface area contributed by atoms with E-state index in [1.165, 1.54) is 7.11 Å². The van der Waals surface area contributed by atoms with Crippen molar-refractivity contribution < 1.29 is 23.8 Å². The van der Waals surface area contributed by atoms with Crippen LogP contribution in [0.5, 0.6) is 11.9 Å². The van der Waals surface area contributed by atoms with Crippen LogP contribution in [0.1, 0.15) is 58.3 Å². The molecule has 2 aliphatic rings. The van der Waals surface area contributed by atoms with Crippen LogP contribution in [-0.4, -0.2) is 52.0 Å². The first-order valence-corrected chi connectivity index (χ1v) is 12.2. The van der Waals surface area contributed by atoms with Gasteiger partial charge in [-0.05, 0) is 64.2 Å². The molecule has 11 heteroatoms. The molecule has 0 unspecified atom stereocenters. The van der Waals surface area contributed by atoms with Gasteiger partial charge in [-0.25, -0.2) is 19.9 Å². The van der Waals surface area contributed by atoms with Gasteiger partial charge in [0.1, 0.15) is 22.7 Å². The summed E-state index contributed by atoms with van der Waals surface area (Å²) >= 11 is 6.56. The predicted octanol–water partition coefficient (Wildman–Crippen LogP) is 4.33. The van der Waals surface area contributed by atoms with Gasteiger partial charge in [0.25, 0.3) is 6.01 Å². The Bertz CT molecular complexity index is 1030. The summed E-state index contributed by atoms with van der Waals surface area (Å²) in [7, 11) is 3.11. The smallest absolute Gasteiger partial charge is 0.415 e. The molecule has 1 atom stereocenters. The number of halogens is 1. The van der Waals surface area contributed by atoms with Crippen LogP contribution in [0, 0.1) is 5.92 Å². The first-order chi connectivity index (χ1) is 16.3. The topological polar surface area (TPSA) is 117 Å². The number of carbonyl (C=O) groups excluding carboxylic acids is 2. The van der Waals surface area contributed by atoms with E-state index in [1.807, 2.05) is 18.5 Å². The first-order valence-electron chi connectivity index (χ1n) is 11.8. The van der Waals surface area contributed by atoms with E-state index < -0.39 is 12.1 Å². The van der Waals surface area contributed by atoms with Gasteiger partial charge in [0, 0.05) is 13.1 Å². The second-order valence-corrected chi connectivity index (χ2v) is 9.59. The summed E-state index contributed by atoms with van der Waals surface area (Å²) in [6.07, 6.45) is 9.15. The van der Waals surface area contributed by atoms with Crippen molar-refractivity contribution >= 4 is 34.8 Å². The molecule has 4 rings (SSSR count). The van der Waals surface area contributed by atoms with Crippen molar-refractivity contribution in [2.45, 2.75) is 76.5 Å². The number of imide groups is 1. The second kappa shape index (κ2) is 10.7. The largest absolute Gasteiger partial charge is 0.473 e. The maximum absolute atomic E-state index is 11.7. The Labute approximate surface area is 203 Å². The quantitative estimate of drug-likeness (QED) is 0.561. The number of methoxy groups -OCH3 is 1. The Balaban J connectivity index is 1.25. The zero-order valence-corrected chi connectivity index (χ0v) is 20.6. The molecular formula is C23H32ClN5O5. The molecule has 0 radical (unpaired) electrons. The molecule has 3 amide bonds. The molecular weight excluding hydrogens is 462 g/mol. The molecule has 0 bridgehead atoms. The summed E-state index contributed by atoms with van der Waals surface area (Å²) in [5.41, 5.74) is 1.46. The van der Waals surface area contributed by atoms with Crippen LogP contribution in [0.15, 0.2) is 6.20 Å². The van der Waals surface area contributed by atoms with E-state index >= 15 is 0 Å². The Morgan fingerprint density at radius 2 is 1.85 bits per heavy atom. The molecule has 2 saturated carbocycles. The number of nitrogens with one attached hydrogen (secondary N) is 2. The van der Waals surface area contributed by atoms with Gasteiger partial charge in [0.2, 0.25) is 5.88 Å². The second-order valence-electron chi connectivity index (χ2n) is 9.21. The molecule has 10 nitrogen and oxygen atoms in total. The van der Waals surface area contributed by atoms with E-state index in [2.05, 4.69) is 25.3 Å². The van der Waals surface area contributed by atoms with E-state index in [0.717, 1.165) is 56.9 Å². The minimum Gasteiger partial charge on any atom is -0.473 e. The molecule has 0 aromatic carbocycles. The lowest BCUT2D eigenvalue weighted by molar-refractivity contribution is 0.114. The third-order valence-corrected chi connectivity index (χ3v) is 6.78. The van der Waals surface area contributed by atoms with Gasteiger partial charge in [-0.2, -0.15) is 4.98 Å². The number of amides is 3. The monoisotopic (exact) mass is 493 g/mol. The first kappa shape index (κ1) is 24.4. The summed E-state index contributed by atoms with van der Waals surface area (Å²) in [5, 5.41) is 5.33. The van der Waals surface area contributed by atoms with Gasteiger partial charge in [-0.3, -0.25) is 4.57 Å². The molecule has 186 valence electrons. The lowest BCUT2D eigenvalue weighted by Crippen LogP contribution is -2.43. The number of pyridine rings is 1. The van der Waals surface area contributed by atoms with E-state index in [1.54, 1.807) is 6.20 Å². The van der Waals surface area contributed by atoms with Crippen LogP contribution in [0.25, 0.3) is 11.0 Å². The number of alkyl carbamates (subject to hydrolysis) is 1. The minimum absolute atomic E-state index is 0.0363. The highest BCUT2D eigenvalue weighted by Crippen LogP contribution is 2.37. The molecule has 2 heterocycles. The Morgan fingerprint density at radius 3 is 2.53 bits per heavy atom. The summed E-state index contributed by atoms with van der Waals surface area (Å²) in [5.74, 6) is 1.03. The molecule has 0 saturated heterocycles. The number of fused-ring (bicyclic) bond motifs is 1. The number of ether oxygens (including phenoxy) is 3. The number of rotatable bonds is 8. The number of imidazole rings is 1. The molecule has 2 aromatic rings. The van der Waals surface area contributed by atoms with Crippen molar-refractivity contribution in [2.24, 2.45) is 13.0 Å². The zero-order chi connectivity index (χ0) is 24.2. The molecule has 0 spiro atoms. The van der Waals surface area contributed by atoms with Crippen LogP contribution in [0.3, 0.4) is 0 Å². The van der Waals surface area contributed by atoms with Crippen LogP contribution >= 0.6 is 11.6 Å². The number of carbonyl (C=O) groups is 2. The fraction of sp³-hybridized carbons (Fsp3) is 0.652. The highest BCUT2D eigenvalue weighted by Gasteiger charge is 2.28. The lowest BCUT2D eigenvalue weighted by atomic mass is 9.84. The van der Waals surface area contributed by atoms with E-state index in [-0.39, 0.29) is 18.2 Å². The SMILES string of the molecule is COC(=O)NC(=O)N[C@@H](C)CCC1CCC(Oc2nc3cnc(OC4CC4)c(Cl)c3n2C)CC1. The predicted molar refractivity (Wildman–Crippen MR) is 126 cm³/mol.